The zero-order chi connectivity index (χ0) is 14.1. The zero-order valence-electron chi connectivity index (χ0n) is 8.83. The van der Waals surface area contributed by atoms with Crippen molar-refractivity contribution in [3.63, 3.8) is 0 Å². The van der Waals surface area contributed by atoms with Gasteiger partial charge in [-0.1, -0.05) is 0 Å². The summed E-state index contributed by atoms with van der Waals surface area (Å²) >= 11 is 0. The first-order chi connectivity index (χ1) is 8.18. The van der Waals surface area contributed by atoms with Crippen molar-refractivity contribution in [2.75, 3.05) is 6.61 Å². The fourth-order valence-corrected chi connectivity index (χ4v) is 1.49. The molecule has 0 saturated carbocycles. The number of halogens is 3. The van der Waals surface area contributed by atoms with Crippen molar-refractivity contribution in [1.82, 2.24) is 5.32 Å². The van der Waals surface area contributed by atoms with E-state index < -0.39 is 49.3 Å². The lowest BCUT2D eigenvalue weighted by molar-refractivity contribution is -0.256. The van der Waals surface area contributed by atoms with E-state index >= 15 is 0 Å². The SMILES string of the molecule is O=C(NC1C(O)O[C@H](CO)[C@@H](O)[C@@H]1O)C(F)(F)F. The lowest BCUT2D eigenvalue weighted by Gasteiger charge is -2.40. The maximum absolute atomic E-state index is 12.0. The summed E-state index contributed by atoms with van der Waals surface area (Å²) in [5.41, 5.74) is 0. The summed E-state index contributed by atoms with van der Waals surface area (Å²) in [6.45, 7) is -0.755. The van der Waals surface area contributed by atoms with E-state index in [1.807, 2.05) is 0 Å². The molecule has 10 heteroatoms. The van der Waals surface area contributed by atoms with Crippen LogP contribution in [0.4, 0.5) is 13.2 Å². The van der Waals surface area contributed by atoms with Crippen LogP contribution < -0.4 is 5.32 Å². The molecule has 5 atom stereocenters. The highest BCUT2D eigenvalue weighted by Crippen LogP contribution is 2.21. The Morgan fingerprint density at radius 3 is 2.22 bits per heavy atom. The average molecular weight is 275 g/mol. The first-order valence-electron chi connectivity index (χ1n) is 4.86. The molecule has 0 aromatic rings. The molecule has 1 rings (SSSR count). The molecule has 7 nitrogen and oxygen atoms in total. The smallest absolute Gasteiger partial charge is 0.394 e. The van der Waals surface area contributed by atoms with Crippen LogP contribution in [-0.4, -0.2) is 69.8 Å². The first-order valence-corrected chi connectivity index (χ1v) is 4.86. The minimum absolute atomic E-state index is 0.755. The Balaban J connectivity index is 2.74. The van der Waals surface area contributed by atoms with Gasteiger partial charge in [-0.25, -0.2) is 0 Å². The molecule has 0 bridgehead atoms. The highest BCUT2D eigenvalue weighted by molar-refractivity contribution is 5.82. The number of aliphatic hydroxyl groups is 4. The highest BCUT2D eigenvalue weighted by atomic mass is 19.4. The molecule has 0 aliphatic carbocycles. The molecule has 1 aliphatic heterocycles. The van der Waals surface area contributed by atoms with Crippen LogP contribution in [0.2, 0.25) is 0 Å². The van der Waals surface area contributed by atoms with Gasteiger partial charge in [-0.3, -0.25) is 4.79 Å². The molecule has 0 spiro atoms. The molecule has 5 N–H and O–H groups in total. The van der Waals surface area contributed by atoms with E-state index in [1.165, 1.54) is 5.32 Å². The Morgan fingerprint density at radius 1 is 1.22 bits per heavy atom. The number of carbonyl (C=O) groups is 1. The van der Waals surface area contributed by atoms with Gasteiger partial charge in [0, 0.05) is 0 Å². The van der Waals surface area contributed by atoms with Crippen molar-refractivity contribution in [1.29, 1.82) is 0 Å². The molecular formula is C8H12F3NO6. The van der Waals surface area contributed by atoms with Crippen LogP contribution in [-0.2, 0) is 9.53 Å². The summed E-state index contributed by atoms with van der Waals surface area (Å²) in [5, 5.41) is 38.1. The molecule has 1 saturated heterocycles. The van der Waals surface area contributed by atoms with E-state index in [2.05, 4.69) is 4.74 Å². The van der Waals surface area contributed by atoms with Gasteiger partial charge in [-0.2, -0.15) is 13.2 Å². The zero-order valence-corrected chi connectivity index (χ0v) is 8.83. The second kappa shape index (κ2) is 5.36. The highest BCUT2D eigenvalue weighted by Gasteiger charge is 2.48. The maximum Gasteiger partial charge on any atom is 0.471 e. The van der Waals surface area contributed by atoms with E-state index in [0.717, 1.165) is 0 Å². The minimum atomic E-state index is -5.20. The fraction of sp³-hybridized carbons (Fsp3) is 0.875. The largest absolute Gasteiger partial charge is 0.471 e. The summed E-state index contributed by atoms with van der Waals surface area (Å²) in [6.07, 6.45) is -12.2. The number of aliphatic hydroxyl groups excluding tert-OH is 4. The average Bonchev–Trinajstić information content (AvgIpc) is 2.27. The maximum atomic E-state index is 12.0. The standard InChI is InChI=1S/C8H12F3NO6/c9-8(10,11)7(17)12-3-5(15)4(14)2(1-13)18-6(3)16/h2-6,13-16H,1H2,(H,12,17)/t2-,3?,4-,5-,6?/m1/s1. The molecule has 18 heavy (non-hydrogen) atoms. The van der Waals surface area contributed by atoms with Gasteiger partial charge in [0.25, 0.3) is 0 Å². The van der Waals surface area contributed by atoms with Crippen molar-refractivity contribution >= 4 is 5.91 Å². The van der Waals surface area contributed by atoms with Gasteiger partial charge < -0.3 is 30.5 Å². The summed E-state index contributed by atoms with van der Waals surface area (Å²) in [6, 6.07) is -1.85. The molecular weight excluding hydrogens is 263 g/mol. The molecule has 0 aromatic carbocycles. The van der Waals surface area contributed by atoms with E-state index in [0.29, 0.717) is 0 Å². The summed E-state index contributed by atoms with van der Waals surface area (Å²) in [4.78, 5) is 10.6. The Hall–Kier alpha value is -0.940. The van der Waals surface area contributed by atoms with Gasteiger partial charge in [-0.05, 0) is 0 Å². The number of alkyl halides is 3. The van der Waals surface area contributed by atoms with Gasteiger partial charge in [0.05, 0.1) is 6.61 Å². The third-order valence-corrected chi connectivity index (χ3v) is 2.46. The van der Waals surface area contributed by atoms with Gasteiger partial charge >= 0.3 is 12.1 Å². The van der Waals surface area contributed by atoms with Crippen LogP contribution in [0, 0.1) is 0 Å². The predicted molar refractivity (Wildman–Crippen MR) is 48.0 cm³/mol. The molecule has 106 valence electrons. The van der Waals surface area contributed by atoms with Gasteiger partial charge in [0.15, 0.2) is 6.29 Å². The fourth-order valence-electron chi connectivity index (χ4n) is 1.49. The third-order valence-electron chi connectivity index (χ3n) is 2.46. The number of carbonyl (C=O) groups excluding carboxylic acids is 1. The Bertz CT molecular complexity index is 312. The van der Waals surface area contributed by atoms with Crippen molar-refractivity contribution in [2.24, 2.45) is 0 Å². The minimum Gasteiger partial charge on any atom is -0.394 e. The number of amides is 1. The lowest BCUT2D eigenvalue weighted by atomic mass is 9.97. The predicted octanol–water partition coefficient (Wildman–Crippen LogP) is -2.54. The van der Waals surface area contributed by atoms with Crippen molar-refractivity contribution < 1.29 is 43.1 Å². The second-order valence-electron chi connectivity index (χ2n) is 3.73. The van der Waals surface area contributed by atoms with E-state index in [1.54, 1.807) is 0 Å². The van der Waals surface area contributed by atoms with E-state index in [-0.39, 0.29) is 0 Å². The van der Waals surface area contributed by atoms with Gasteiger partial charge in [-0.15, -0.1) is 0 Å². The number of nitrogens with one attached hydrogen (secondary N) is 1. The number of hydrogen-bond donors (Lipinski definition) is 5. The Kier molecular flexibility index (Phi) is 4.50. The Morgan fingerprint density at radius 2 is 1.78 bits per heavy atom. The van der Waals surface area contributed by atoms with Crippen molar-refractivity contribution in [2.45, 2.75) is 36.8 Å². The first kappa shape index (κ1) is 15.1. The van der Waals surface area contributed by atoms with Gasteiger partial charge in [0.2, 0.25) is 0 Å². The van der Waals surface area contributed by atoms with Crippen LogP contribution >= 0.6 is 0 Å². The summed E-state index contributed by atoms with van der Waals surface area (Å²) in [7, 11) is 0. The third kappa shape index (κ3) is 3.09. The number of ether oxygens (including phenoxy) is 1. The molecule has 0 radical (unpaired) electrons. The molecule has 1 heterocycles. The van der Waals surface area contributed by atoms with Crippen molar-refractivity contribution in [3.8, 4) is 0 Å². The summed E-state index contributed by atoms with van der Waals surface area (Å²) < 4.78 is 40.5. The topological polar surface area (TPSA) is 119 Å². The van der Waals surface area contributed by atoms with Crippen LogP contribution in [0.25, 0.3) is 0 Å². The van der Waals surface area contributed by atoms with Crippen molar-refractivity contribution in [3.05, 3.63) is 0 Å². The monoisotopic (exact) mass is 275 g/mol. The normalized spacial score (nSPS) is 37.4. The van der Waals surface area contributed by atoms with Crippen LogP contribution in [0.3, 0.4) is 0 Å². The van der Waals surface area contributed by atoms with E-state index in [4.69, 9.17) is 5.11 Å². The molecule has 1 fully saturated rings. The lowest BCUT2D eigenvalue weighted by Crippen LogP contribution is -2.65. The molecule has 1 amide bonds. The second-order valence-corrected chi connectivity index (χ2v) is 3.73. The quantitative estimate of drug-likeness (QED) is 0.379. The summed E-state index contributed by atoms with van der Waals surface area (Å²) in [5.74, 6) is -2.39. The van der Waals surface area contributed by atoms with Crippen LogP contribution in [0.1, 0.15) is 0 Å². The van der Waals surface area contributed by atoms with Gasteiger partial charge in [0.1, 0.15) is 24.4 Å². The molecule has 2 unspecified atom stereocenters. The van der Waals surface area contributed by atoms with Crippen LogP contribution in [0.15, 0.2) is 0 Å². The molecule has 1 aliphatic rings. The Labute approximate surface area is 98.8 Å². The van der Waals surface area contributed by atoms with E-state index in [9.17, 15) is 33.3 Å². The molecule has 0 aromatic heterocycles. The number of rotatable bonds is 2. The van der Waals surface area contributed by atoms with Crippen LogP contribution in [0.5, 0.6) is 0 Å². The number of hydrogen-bond acceptors (Lipinski definition) is 6.